The van der Waals surface area contributed by atoms with Gasteiger partial charge in [-0.25, -0.2) is 8.78 Å². The summed E-state index contributed by atoms with van der Waals surface area (Å²) in [6, 6.07) is 4.77. The van der Waals surface area contributed by atoms with Crippen LogP contribution in [0.3, 0.4) is 0 Å². The van der Waals surface area contributed by atoms with Gasteiger partial charge < -0.3 is 19.7 Å². The Morgan fingerprint density at radius 1 is 1.27 bits per heavy atom. The molecule has 0 radical (unpaired) electrons. The van der Waals surface area contributed by atoms with Crippen molar-refractivity contribution in [1.82, 2.24) is 10.2 Å². The van der Waals surface area contributed by atoms with E-state index in [0.29, 0.717) is 24.6 Å². The first-order chi connectivity index (χ1) is 12.4. The SMILES string of the molecule is COc1cc(NC2CCCN(C(=O)C3CC(F)(F)CN3)C2)cc(OC)c1. The third-order valence-corrected chi connectivity index (χ3v) is 4.86. The van der Waals surface area contributed by atoms with Crippen LogP contribution in [0.5, 0.6) is 11.5 Å². The van der Waals surface area contributed by atoms with E-state index in [2.05, 4.69) is 10.6 Å². The van der Waals surface area contributed by atoms with Gasteiger partial charge >= 0.3 is 0 Å². The summed E-state index contributed by atoms with van der Waals surface area (Å²) in [6.45, 7) is 0.660. The zero-order valence-corrected chi connectivity index (χ0v) is 15.1. The summed E-state index contributed by atoms with van der Waals surface area (Å²) in [7, 11) is 3.17. The third kappa shape index (κ3) is 4.35. The lowest BCUT2D eigenvalue weighted by molar-refractivity contribution is -0.134. The van der Waals surface area contributed by atoms with Crippen molar-refractivity contribution in [2.45, 2.75) is 37.3 Å². The van der Waals surface area contributed by atoms with E-state index in [4.69, 9.17) is 9.47 Å². The summed E-state index contributed by atoms with van der Waals surface area (Å²) in [4.78, 5) is 14.2. The molecule has 1 aromatic carbocycles. The lowest BCUT2D eigenvalue weighted by Gasteiger charge is -2.35. The second kappa shape index (κ2) is 7.65. The molecule has 2 unspecified atom stereocenters. The van der Waals surface area contributed by atoms with Crippen molar-refractivity contribution in [3.8, 4) is 11.5 Å². The van der Waals surface area contributed by atoms with Crippen LogP contribution in [0.25, 0.3) is 0 Å². The van der Waals surface area contributed by atoms with E-state index >= 15 is 0 Å². The van der Waals surface area contributed by atoms with Crippen molar-refractivity contribution < 1.29 is 23.0 Å². The minimum absolute atomic E-state index is 0.0476. The third-order valence-electron chi connectivity index (χ3n) is 4.86. The fourth-order valence-corrected chi connectivity index (χ4v) is 3.53. The van der Waals surface area contributed by atoms with E-state index in [-0.39, 0.29) is 11.9 Å². The predicted molar refractivity (Wildman–Crippen MR) is 94.1 cm³/mol. The maximum Gasteiger partial charge on any atom is 0.262 e. The van der Waals surface area contributed by atoms with Crippen molar-refractivity contribution >= 4 is 11.6 Å². The first-order valence-electron chi connectivity index (χ1n) is 8.80. The van der Waals surface area contributed by atoms with Crippen LogP contribution >= 0.6 is 0 Å². The minimum atomic E-state index is -2.80. The Morgan fingerprint density at radius 3 is 2.54 bits per heavy atom. The standard InChI is InChI=1S/C18H25F2N3O3/c1-25-14-6-13(7-15(8-14)26-2)22-12-4-3-5-23(10-12)17(24)16-9-18(19,20)11-21-16/h6-8,12,16,21-22H,3-5,9-11H2,1-2H3. The van der Waals surface area contributed by atoms with Gasteiger partial charge in [-0.3, -0.25) is 10.1 Å². The van der Waals surface area contributed by atoms with E-state index in [9.17, 15) is 13.6 Å². The van der Waals surface area contributed by atoms with Gasteiger partial charge in [0.1, 0.15) is 11.5 Å². The van der Waals surface area contributed by atoms with Gasteiger partial charge in [0.05, 0.1) is 26.8 Å². The van der Waals surface area contributed by atoms with Gasteiger partial charge in [-0.2, -0.15) is 0 Å². The quantitative estimate of drug-likeness (QED) is 0.832. The summed E-state index contributed by atoms with van der Waals surface area (Å²) < 4.78 is 37.3. The lowest BCUT2D eigenvalue weighted by atomic mass is 10.0. The molecule has 2 N–H and O–H groups in total. The molecule has 0 aromatic heterocycles. The smallest absolute Gasteiger partial charge is 0.262 e. The molecule has 0 aliphatic carbocycles. The Labute approximate surface area is 151 Å². The zero-order chi connectivity index (χ0) is 18.7. The maximum atomic E-state index is 13.4. The molecule has 1 amide bonds. The summed E-state index contributed by atoms with van der Waals surface area (Å²) in [5, 5.41) is 6.04. The fourth-order valence-electron chi connectivity index (χ4n) is 3.53. The minimum Gasteiger partial charge on any atom is -0.497 e. The second-order valence-corrected chi connectivity index (χ2v) is 6.86. The highest BCUT2D eigenvalue weighted by molar-refractivity contribution is 5.82. The number of benzene rings is 1. The monoisotopic (exact) mass is 369 g/mol. The number of nitrogens with one attached hydrogen (secondary N) is 2. The molecular formula is C18H25F2N3O3. The number of hydrogen-bond acceptors (Lipinski definition) is 5. The number of amides is 1. The van der Waals surface area contributed by atoms with Gasteiger partial charge in [0.25, 0.3) is 5.92 Å². The van der Waals surface area contributed by atoms with E-state index in [1.165, 1.54) is 0 Å². The average Bonchev–Trinajstić information content (AvgIpc) is 3.00. The van der Waals surface area contributed by atoms with Gasteiger partial charge in [-0.1, -0.05) is 0 Å². The summed E-state index contributed by atoms with van der Waals surface area (Å²) in [5.74, 6) is -1.69. The average molecular weight is 369 g/mol. The number of carbonyl (C=O) groups excluding carboxylic acids is 1. The first kappa shape index (κ1) is 18.7. The van der Waals surface area contributed by atoms with Crippen LogP contribution in [0.15, 0.2) is 18.2 Å². The highest BCUT2D eigenvalue weighted by atomic mass is 19.3. The molecule has 2 aliphatic rings. The van der Waals surface area contributed by atoms with Crippen LogP contribution in [0.1, 0.15) is 19.3 Å². The van der Waals surface area contributed by atoms with Crippen molar-refractivity contribution in [3.63, 3.8) is 0 Å². The number of likely N-dealkylation sites (tertiary alicyclic amines) is 1. The Hall–Kier alpha value is -2.09. The number of nitrogens with zero attached hydrogens (tertiary/aromatic N) is 1. The van der Waals surface area contributed by atoms with Gasteiger partial charge in [-0.05, 0) is 12.8 Å². The molecule has 2 saturated heterocycles. The Kier molecular flexibility index (Phi) is 5.50. The number of alkyl halides is 2. The summed E-state index contributed by atoms with van der Waals surface area (Å²) in [5.41, 5.74) is 0.839. The highest BCUT2D eigenvalue weighted by Crippen LogP contribution is 2.29. The van der Waals surface area contributed by atoms with Crippen molar-refractivity contribution in [1.29, 1.82) is 0 Å². The van der Waals surface area contributed by atoms with Crippen LogP contribution in [0, 0.1) is 0 Å². The van der Waals surface area contributed by atoms with Crippen molar-refractivity contribution in [3.05, 3.63) is 18.2 Å². The number of hydrogen-bond donors (Lipinski definition) is 2. The molecule has 2 fully saturated rings. The molecule has 8 heteroatoms. The Balaban J connectivity index is 1.63. The molecule has 6 nitrogen and oxygen atoms in total. The van der Waals surface area contributed by atoms with Gasteiger partial charge in [0.15, 0.2) is 0 Å². The van der Waals surface area contributed by atoms with E-state index in [1.807, 2.05) is 12.1 Å². The van der Waals surface area contributed by atoms with E-state index < -0.39 is 24.9 Å². The highest BCUT2D eigenvalue weighted by Gasteiger charge is 2.44. The molecule has 0 bridgehead atoms. The zero-order valence-electron chi connectivity index (χ0n) is 15.1. The normalized spacial score (nSPS) is 25.0. The largest absolute Gasteiger partial charge is 0.497 e. The van der Waals surface area contributed by atoms with Crippen LogP contribution in [0.4, 0.5) is 14.5 Å². The van der Waals surface area contributed by atoms with Gasteiger partial charge in [0.2, 0.25) is 5.91 Å². The van der Waals surface area contributed by atoms with Crippen LogP contribution < -0.4 is 20.1 Å². The number of ether oxygens (including phenoxy) is 2. The summed E-state index contributed by atoms with van der Waals surface area (Å²) in [6.07, 6.45) is 1.30. The Morgan fingerprint density at radius 2 is 1.96 bits per heavy atom. The number of anilines is 1. The number of carbonyl (C=O) groups is 1. The van der Waals surface area contributed by atoms with Crippen LogP contribution in [0.2, 0.25) is 0 Å². The van der Waals surface area contributed by atoms with Crippen molar-refractivity contribution in [2.75, 3.05) is 39.2 Å². The molecule has 2 heterocycles. The molecule has 26 heavy (non-hydrogen) atoms. The van der Waals surface area contributed by atoms with Crippen LogP contribution in [-0.2, 0) is 4.79 Å². The van der Waals surface area contributed by atoms with Crippen LogP contribution in [-0.4, -0.2) is 62.7 Å². The number of methoxy groups -OCH3 is 2. The molecule has 144 valence electrons. The summed E-state index contributed by atoms with van der Waals surface area (Å²) >= 11 is 0. The van der Waals surface area contributed by atoms with Gasteiger partial charge in [0, 0.05) is 49.4 Å². The topological polar surface area (TPSA) is 62.8 Å². The number of halogens is 2. The molecule has 2 atom stereocenters. The van der Waals surface area contributed by atoms with E-state index in [1.54, 1.807) is 25.2 Å². The number of rotatable bonds is 5. The molecule has 3 rings (SSSR count). The van der Waals surface area contributed by atoms with E-state index in [0.717, 1.165) is 18.5 Å². The molecule has 0 saturated carbocycles. The first-order valence-corrected chi connectivity index (χ1v) is 8.80. The fraction of sp³-hybridized carbons (Fsp3) is 0.611. The molecular weight excluding hydrogens is 344 g/mol. The predicted octanol–water partition coefficient (Wildman–Crippen LogP) is 2.10. The molecule has 1 aromatic rings. The molecule has 0 spiro atoms. The second-order valence-electron chi connectivity index (χ2n) is 6.86. The van der Waals surface area contributed by atoms with Gasteiger partial charge in [-0.15, -0.1) is 0 Å². The molecule has 2 aliphatic heterocycles. The maximum absolute atomic E-state index is 13.4. The Bertz CT molecular complexity index is 634. The lowest BCUT2D eigenvalue weighted by Crippen LogP contribution is -2.50. The van der Waals surface area contributed by atoms with Crippen molar-refractivity contribution in [2.24, 2.45) is 0 Å². The number of piperidine rings is 1.